The van der Waals surface area contributed by atoms with E-state index in [2.05, 4.69) is 26.2 Å². The fourth-order valence-corrected chi connectivity index (χ4v) is 5.59. The van der Waals surface area contributed by atoms with Crippen molar-refractivity contribution in [1.29, 1.82) is 0 Å². The molecule has 2 rings (SSSR count). The molecule has 0 atom stereocenters. The summed E-state index contributed by atoms with van der Waals surface area (Å²) in [6.07, 6.45) is 4.07. The summed E-state index contributed by atoms with van der Waals surface area (Å²) >= 11 is 3.20. The fraction of sp³-hybridized carbons (Fsp3) is 0.833. The highest BCUT2D eigenvalue weighted by Crippen LogP contribution is 2.31. The largest absolute Gasteiger partial charge is 0.263 e. The number of rotatable bonds is 5. The molecule has 1 heterocycles. The van der Waals surface area contributed by atoms with Crippen molar-refractivity contribution < 1.29 is 8.42 Å². The second kappa shape index (κ2) is 6.11. The molecule has 0 radical (unpaired) electrons. The highest BCUT2D eigenvalue weighted by molar-refractivity contribution is 9.10. The molecule has 0 N–H and O–H groups in total. The molecule has 1 aliphatic carbocycles. The predicted octanol–water partition coefficient (Wildman–Crippen LogP) is 2.17. The zero-order valence-electron chi connectivity index (χ0n) is 12.1. The molecule has 0 saturated heterocycles. The maximum absolute atomic E-state index is 13.0. The van der Waals surface area contributed by atoms with Gasteiger partial charge in [0, 0.05) is 19.6 Å². The Morgan fingerprint density at radius 1 is 1.40 bits per heavy atom. The number of nitrogens with zero attached hydrogens (tertiary/aromatic N) is 4. The summed E-state index contributed by atoms with van der Waals surface area (Å²) in [5.74, 6) is 0.283. The smallest absolute Gasteiger partial charge is 0.235 e. The molecule has 0 unspecified atom stereocenters. The summed E-state index contributed by atoms with van der Waals surface area (Å²) in [7, 11) is -1.97. The van der Waals surface area contributed by atoms with E-state index < -0.39 is 10.0 Å². The van der Waals surface area contributed by atoms with Gasteiger partial charge in [0.1, 0.15) is 0 Å². The highest BCUT2D eigenvalue weighted by atomic mass is 79.9. The first kappa shape index (κ1) is 15.9. The van der Waals surface area contributed by atoms with Crippen LogP contribution >= 0.6 is 15.9 Å². The van der Waals surface area contributed by atoms with Crippen molar-refractivity contribution in [1.82, 2.24) is 19.3 Å². The number of aromatic nitrogens is 3. The molecule has 1 aromatic rings. The van der Waals surface area contributed by atoms with E-state index in [4.69, 9.17) is 0 Å². The average Bonchev–Trinajstić information content (AvgIpc) is 2.96. The molecule has 114 valence electrons. The van der Waals surface area contributed by atoms with Crippen LogP contribution in [0.2, 0.25) is 0 Å². The molecule has 0 aromatic carbocycles. The number of hydrogen-bond acceptors (Lipinski definition) is 4. The van der Waals surface area contributed by atoms with Gasteiger partial charge in [0.05, 0.1) is 0 Å². The van der Waals surface area contributed by atoms with Crippen molar-refractivity contribution in [2.45, 2.75) is 50.6 Å². The summed E-state index contributed by atoms with van der Waals surface area (Å²) in [4.78, 5) is 0. The monoisotopic (exact) mass is 364 g/mol. The van der Waals surface area contributed by atoms with Crippen LogP contribution < -0.4 is 0 Å². The minimum atomic E-state index is -3.57. The van der Waals surface area contributed by atoms with E-state index >= 15 is 0 Å². The quantitative estimate of drug-likeness (QED) is 0.802. The molecule has 1 aliphatic rings. The first-order chi connectivity index (χ1) is 9.34. The molecule has 6 nitrogen and oxygen atoms in total. The summed E-state index contributed by atoms with van der Waals surface area (Å²) in [5, 5.41) is 7.72. The van der Waals surface area contributed by atoms with Crippen molar-refractivity contribution >= 4 is 26.0 Å². The minimum Gasteiger partial charge on any atom is -0.235 e. The highest BCUT2D eigenvalue weighted by Gasteiger charge is 2.37. The molecule has 8 heteroatoms. The predicted molar refractivity (Wildman–Crippen MR) is 79.7 cm³/mol. The van der Waals surface area contributed by atoms with Crippen molar-refractivity contribution in [2.75, 3.05) is 6.54 Å². The van der Waals surface area contributed by atoms with Gasteiger partial charge in [-0.15, -0.1) is 5.10 Å². The number of sulfonamides is 1. The average molecular weight is 365 g/mol. The molecule has 0 bridgehead atoms. The van der Waals surface area contributed by atoms with Gasteiger partial charge in [-0.1, -0.05) is 31.9 Å². The molecule has 0 spiro atoms. The van der Waals surface area contributed by atoms with Gasteiger partial charge in [-0.05, 0) is 34.7 Å². The molecule has 0 amide bonds. The number of halogens is 1. The van der Waals surface area contributed by atoms with Gasteiger partial charge in [0.2, 0.25) is 5.03 Å². The van der Waals surface area contributed by atoms with Gasteiger partial charge in [0.15, 0.2) is 4.60 Å². The van der Waals surface area contributed by atoms with Gasteiger partial charge < -0.3 is 0 Å². The summed E-state index contributed by atoms with van der Waals surface area (Å²) in [6.45, 7) is 4.60. The normalized spacial score (nSPS) is 17.5. The lowest BCUT2D eigenvalue weighted by Crippen LogP contribution is -2.42. The van der Waals surface area contributed by atoms with E-state index in [1.165, 1.54) is 4.68 Å². The first-order valence-electron chi connectivity index (χ1n) is 6.91. The van der Waals surface area contributed by atoms with E-state index in [0.717, 1.165) is 25.7 Å². The Bertz CT molecular complexity index is 545. The Kier molecular flexibility index (Phi) is 4.86. The maximum Gasteiger partial charge on any atom is 0.263 e. The third-order valence-electron chi connectivity index (χ3n) is 3.57. The Balaban J connectivity index is 2.41. The Morgan fingerprint density at radius 2 is 2.00 bits per heavy atom. The van der Waals surface area contributed by atoms with Crippen LogP contribution in [0.5, 0.6) is 0 Å². The molecule has 20 heavy (non-hydrogen) atoms. The van der Waals surface area contributed by atoms with Gasteiger partial charge in [0.25, 0.3) is 10.0 Å². The van der Waals surface area contributed by atoms with Gasteiger partial charge in [-0.25, -0.2) is 13.1 Å². The van der Waals surface area contributed by atoms with Crippen LogP contribution in [-0.4, -0.2) is 40.3 Å². The van der Waals surface area contributed by atoms with Crippen molar-refractivity contribution in [2.24, 2.45) is 13.0 Å². The standard InChI is InChI=1S/C12H21BrN4O2S/c1-9(2)8-17(10-6-4-5-7-10)20(18,19)12-11(13)14-15-16(12)3/h9-10H,4-8H2,1-3H3. The SMILES string of the molecule is CC(C)CN(C1CCCC1)S(=O)(=O)c1c(Br)nnn1C. The van der Waals surface area contributed by atoms with Crippen LogP contribution in [0.25, 0.3) is 0 Å². The Labute approximate surface area is 128 Å². The van der Waals surface area contributed by atoms with E-state index in [1.54, 1.807) is 11.4 Å². The zero-order chi connectivity index (χ0) is 14.9. The van der Waals surface area contributed by atoms with Gasteiger partial charge >= 0.3 is 0 Å². The van der Waals surface area contributed by atoms with Crippen molar-refractivity contribution in [3.05, 3.63) is 4.60 Å². The zero-order valence-corrected chi connectivity index (χ0v) is 14.5. The number of aryl methyl sites for hydroxylation is 1. The van der Waals surface area contributed by atoms with Crippen molar-refractivity contribution in [3.63, 3.8) is 0 Å². The molecular weight excluding hydrogens is 344 g/mol. The Hall–Kier alpha value is -0.470. The van der Waals surface area contributed by atoms with E-state index in [1.807, 2.05) is 13.8 Å². The molecular formula is C12H21BrN4O2S. The van der Waals surface area contributed by atoms with Crippen LogP contribution in [-0.2, 0) is 17.1 Å². The molecule has 1 saturated carbocycles. The van der Waals surface area contributed by atoms with Crippen molar-refractivity contribution in [3.8, 4) is 0 Å². The van der Waals surface area contributed by atoms with E-state index in [9.17, 15) is 8.42 Å². The van der Waals surface area contributed by atoms with Gasteiger partial charge in [-0.2, -0.15) is 4.31 Å². The summed E-state index contributed by atoms with van der Waals surface area (Å²) < 4.78 is 29.2. The summed E-state index contributed by atoms with van der Waals surface area (Å²) in [6, 6.07) is 0.101. The fourth-order valence-electron chi connectivity index (χ4n) is 2.70. The Morgan fingerprint density at radius 3 is 2.45 bits per heavy atom. The van der Waals surface area contributed by atoms with E-state index in [0.29, 0.717) is 6.54 Å². The number of hydrogen-bond donors (Lipinski definition) is 0. The molecule has 0 aliphatic heterocycles. The third kappa shape index (κ3) is 3.07. The topological polar surface area (TPSA) is 68.1 Å². The molecule has 1 aromatic heterocycles. The lowest BCUT2D eigenvalue weighted by atomic mass is 10.2. The molecule has 1 fully saturated rings. The van der Waals surface area contributed by atoms with Crippen LogP contribution in [0.4, 0.5) is 0 Å². The second-order valence-corrected chi connectivity index (χ2v) is 8.27. The maximum atomic E-state index is 13.0. The lowest BCUT2D eigenvalue weighted by Gasteiger charge is -2.29. The first-order valence-corrected chi connectivity index (χ1v) is 9.14. The van der Waals surface area contributed by atoms with E-state index in [-0.39, 0.29) is 21.6 Å². The van der Waals surface area contributed by atoms with Crippen LogP contribution in [0, 0.1) is 5.92 Å². The van der Waals surface area contributed by atoms with Crippen LogP contribution in [0.1, 0.15) is 39.5 Å². The second-order valence-electron chi connectivity index (χ2n) is 5.72. The summed E-state index contributed by atoms with van der Waals surface area (Å²) in [5.41, 5.74) is 0. The minimum absolute atomic E-state index is 0.101. The lowest BCUT2D eigenvalue weighted by molar-refractivity contribution is 0.290. The van der Waals surface area contributed by atoms with Crippen LogP contribution in [0.15, 0.2) is 9.63 Å². The van der Waals surface area contributed by atoms with Gasteiger partial charge in [-0.3, -0.25) is 0 Å². The van der Waals surface area contributed by atoms with Crippen LogP contribution in [0.3, 0.4) is 0 Å². The third-order valence-corrected chi connectivity index (χ3v) is 6.37.